The van der Waals surface area contributed by atoms with Crippen molar-refractivity contribution in [3.63, 3.8) is 0 Å². The average molecular weight is 464 g/mol. The van der Waals surface area contributed by atoms with Crippen LogP contribution in [0.2, 0.25) is 0 Å². The molecule has 170 valence electrons. The topological polar surface area (TPSA) is 96.5 Å². The zero-order valence-electron chi connectivity index (χ0n) is 18.3. The fourth-order valence-electron chi connectivity index (χ4n) is 2.82. The number of rotatable bonds is 9. The molecule has 0 heterocycles. The molecule has 0 spiro atoms. The molecule has 33 heavy (non-hydrogen) atoms. The van der Waals surface area contributed by atoms with E-state index in [4.69, 9.17) is 4.74 Å². The van der Waals surface area contributed by atoms with Crippen molar-refractivity contribution in [2.45, 2.75) is 24.0 Å². The quantitative estimate of drug-likeness (QED) is 0.397. The lowest BCUT2D eigenvalue weighted by Gasteiger charge is -2.13. The molecular formula is C25H25N3O4S. The van der Waals surface area contributed by atoms with Gasteiger partial charge in [0.2, 0.25) is 11.8 Å². The molecule has 0 bridgehead atoms. The van der Waals surface area contributed by atoms with Crippen molar-refractivity contribution < 1.29 is 19.1 Å². The highest BCUT2D eigenvalue weighted by Crippen LogP contribution is 2.26. The third kappa shape index (κ3) is 8.01. The number of nitrogens with one attached hydrogen (secondary N) is 3. The Morgan fingerprint density at radius 2 is 1.33 bits per heavy atom. The molecule has 0 aliphatic carbocycles. The van der Waals surface area contributed by atoms with Gasteiger partial charge in [0.05, 0.1) is 5.25 Å². The zero-order chi connectivity index (χ0) is 23.6. The largest absolute Gasteiger partial charge is 0.484 e. The first-order valence-electron chi connectivity index (χ1n) is 10.3. The molecule has 3 N–H and O–H groups in total. The van der Waals surface area contributed by atoms with Crippen LogP contribution < -0.4 is 20.7 Å². The summed E-state index contributed by atoms with van der Waals surface area (Å²) in [6.07, 6.45) is 0. The highest BCUT2D eigenvalue weighted by Gasteiger charge is 2.15. The van der Waals surface area contributed by atoms with Gasteiger partial charge in [-0.1, -0.05) is 18.2 Å². The molecule has 0 radical (unpaired) electrons. The number of para-hydroxylation sites is 1. The van der Waals surface area contributed by atoms with Crippen LogP contribution in [0.1, 0.15) is 13.8 Å². The molecule has 1 atom stereocenters. The van der Waals surface area contributed by atoms with Crippen molar-refractivity contribution in [2.24, 2.45) is 0 Å². The molecule has 3 aromatic carbocycles. The molecule has 0 aliphatic rings. The summed E-state index contributed by atoms with van der Waals surface area (Å²) in [4.78, 5) is 36.6. The maximum Gasteiger partial charge on any atom is 0.262 e. The number of carbonyl (C=O) groups is 3. The Kier molecular flexibility index (Phi) is 8.49. The van der Waals surface area contributed by atoms with Gasteiger partial charge in [0.1, 0.15) is 5.75 Å². The van der Waals surface area contributed by atoms with Gasteiger partial charge >= 0.3 is 0 Å². The van der Waals surface area contributed by atoms with Gasteiger partial charge in [-0.05, 0) is 67.6 Å². The number of ether oxygens (including phenoxy) is 1. The minimum absolute atomic E-state index is 0.0798. The van der Waals surface area contributed by atoms with Gasteiger partial charge < -0.3 is 20.7 Å². The Morgan fingerprint density at radius 3 is 1.94 bits per heavy atom. The number of hydrogen-bond acceptors (Lipinski definition) is 5. The van der Waals surface area contributed by atoms with Crippen LogP contribution in [0.15, 0.2) is 83.8 Å². The summed E-state index contributed by atoms with van der Waals surface area (Å²) in [7, 11) is 0. The van der Waals surface area contributed by atoms with E-state index in [1.165, 1.54) is 18.7 Å². The molecule has 1 unspecified atom stereocenters. The third-order valence-electron chi connectivity index (χ3n) is 4.41. The lowest BCUT2D eigenvalue weighted by molar-refractivity contribution is -0.118. The van der Waals surface area contributed by atoms with E-state index in [-0.39, 0.29) is 29.6 Å². The number of hydrogen-bond donors (Lipinski definition) is 3. The minimum Gasteiger partial charge on any atom is -0.484 e. The number of amides is 3. The van der Waals surface area contributed by atoms with E-state index in [2.05, 4.69) is 16.0 Å². The van der Waals surface area contributed by atoms with E-state index >= 15 is 0 Å². The van der Waals surface area contributed by atoms with Crippen molar-refractivity contribution >= 4 is 46.5 Å². The first-order chi connectivity index (χ1) is 15.9. The molecule has 0 aliphatic heterocycles. The molecule has 3 aromatic rings. The fraction of sp³-hybridized carbons (Fsp3) is 0.160. The first-order valence-corrected chi connectivity index (χ1v) is 11.2. The Hall–Kier alpha value is -3.78. The van der Waals surface area contributed by atoms with Crippen molar-refractivity contribution in [3.05, 3.63) is 78.9 Å². The highest BCUT2D eigenvalue weighted by atomic mass is 32.2. The van der Waals surface area contributed by atoms with Crippen molar-refractivity contribution in [3.8, 4) is 5.75 Å². The summed E-state index contributed by atoms with van der Waals surface area (Å²) in [5.41, 5.74) is 1.97. The molecule has 0 saturated heterocycles. The van der Waals surface area contributed by atoms with Gasteiger partial charge in [-0.15, -0.1) is 11.8 Å². The maximum atomic E-state index is 12.5. The number of benzene rings is 3. The maximum absolute atomic E-state index is 12.5. The Balaban J connectivity index is 1.45. The summed E-state index contributed by atoms with van der Waals surface area (Å²) < 4.78 is 5.44. The molecule has 0 saturated carbocycles. The number of anilines is 3. The van der Waals surface area contributed by atoms with Crippen molar-refractivity contribution in [2.75, 3.05) is 22.6 Å². The van der Waals surface area contributed by atoms with E-state index in [0.717, 1.165) is 4.90 Å². The third-order valence-corrected chi connectivity index (χ3v) is 5.52. The van der Waals surface area contributed by atoms with E-state index in [0.29, 0.717) is 22.8 Å². The first kappa shape index (κ1) is 23.9. The summed E-state index contributed by atoms with van der Waals surface area (Å²) in [6.45, 7) is 3.18. The van der Waals surface area contributed by atoms with Crippen LogP contribution in [0.5, 0.6) is 5.75 Å². The van der Waals surface area contributed by atoms with Crippen LogP contribution in [-0.2, 0) is 14.4 Å². The molecule has 8 heteroatoms. The van der Waals surface area contributed by atoms with E-state index in [1.54, 1.807) is 48.5 Å². The van der Waals surface area contributed by atoms with Gasteiger partial charge in [0.15, 0.2) is 6.61 Å². The summed E-state index contributed by atoms with van der Waals surface area (Å²) in [5.74, 6) is 0.0949. The van der Waals surface area contributed by atoms with Crippen LogP contribution in [0.25, 0.3) is 0 Å². The molecule has 3 rings (SSSR count). The number of thioether (sulfide) groups is 1. The van der Waals surface area contributed by atoms with Gasteiger partial charge in [-0.25, -0.2) is 0 Å². The highest BCUT2D eigenvalue weighted by molar-refractivity contribution is 8.00. The molecular weight excluding hydrogens is 438 g/mol. The molecule has 7 nitrogen and oxygen atoms in total. The predicted molar refractivity (Wildman–Crippen MR) is 132 cm³/mol. The van der Waals surface area contributed by atoms with Crippen LogP contribution in [0.3, 0.4) is 0 Å². The zero-order valence-corrected chi connectivity index (χ0v) is 19.1. The van der Waals surface area contributed by atoms with Gasteiger partial charge in [-0.3, -0.25) is 14.4 Å². The van der Waals surface area contributed by atoms with Gasteiger partial charge in [0.25, 0.3) is 5.91 Å². The van der Waals surface area contributed by atoms with Gasteiger partial charge in [-0.2, -0.15) is 0 Å². The standard InChI is InChI=1S/C25H25N3O4S/c1-17(25(31)28-21-10-8-19(9-11-21)26-18(2)29)33-23-14-12-20(13-15-23)27-24(30)16-32-22-6-4-3-5-7-22/h3-15,17H,16H2,1-2H3,(H,26,29)(H,27,30)(H,28,31). The second-order valence-corrected chi connectivity index (χ2v) is 8.60. The SMILES string of the molecule is CC(=O)Nc1ccc(NC(=O)C(C)Sc2ccc(NC(=O)COc3ccccc3)cc2)cc1. The Labute approximate surface area is 196 Å². The fourth-order valence-corrected chi connectivity index (χ4v) is 3.69. The van der Waals surface area contributed by atoms with E-state index < -0.39 is 0 Å². The van der Waals surface area contributed by atoms with Gasteiger partial charge in [0, 0.05) is 28.9 Å². The van der Waals surface area contributed by atoms with Crippen molar-refractivity contribution in [1.29, 1.82) is 0 Å². The molecule has 0 aromatic heterocycles. The van der Waals surface area contributed by atoms with Crippen LogP contribution in [0.4, 0.5) is 17.1 Å². The lowest BCUT2D eigenvalue weighted by atomic mass is 10.2. The van der Waals surface area contributed by atoms with E-state index in [9.17, 15) is 14.4 Å². The molecule has 3 amide bonds. The number of carbonyl (C=O) groups excluding carboxylic acids is 3. The minimum atomic E-state index is -0.334. The summed E-state index contributed by atoms with van der Waals surface area (Å²) >= 11 is 1.41. The van der Waals surface area contributed by atoms with Crippen molar-refractivity contribution in [1.82, 2.24) is 0 Å². The lowest BCUT2D eigenvalue weighted by Crippen LogP contribution is -2.22. The monoisotopic (exact) mass is 463 g/mol. The average Bonchev–Trinajstić information content (AvgIpc) is 2.80. The van der Waals surface area contributed by atoms with Crippen LogP contribution in [-0.4, -0.2) is 29.6 Å². The summed E-state index contributed by atoms with van der Waals surface area (Å²) in [6, 6.07) is 23.3. The predicted octanol–water partition coefficient (Wildman–Crippen LogP) is 4.78. The Bertz CT molecular complexity index is 1090. The second kappa shape index (κ2) is 11.7. The molecule has 0 fully saturated rings. The second-order valence-electron chi connectivity index (χ2n) is 7.18. The smallest absolute Gasteiger partial charge is 0.262 e. The van der Waals surface area contributed by atoms with E-state index in [1.807, 2.05) is 37.3 Å². The Morgan fingerprint density at radius 1 is 0.788 bits per heavy atom. The summed E-state index contributed by atoms with van der Waals surface area (Å²) in [5, 5.41) is 8.00. The normalized spacial score (nSPS) is 11.2. The van der Waals surface area contributed by atoms with Crippen LogP contribution >= 0.6 is 11.8 Å². The van der Waals surface area contributed by atoms with Crippen LogP contribution in [0, 0.1) is 0 Å².